The first kappa shape index (κ1) is 11.6. The molecule has 1 unspecified atom stereocenters. The van der Waals surface area contributed by atoms with E-state index in [4.69, 9.17) is 5.11 Å². The van der Waals surface area contributed by atoms with Crippen LogP contribution in [0.1, 0.15) is 18.2 Å². The van der Waals surface area contributed by atoms with Crippen molar-refractivity contribution in [3.05, 3.63) is 35.2 Å². The predicted octanol–water partition coefficient (Wildman–Crippen LogP) is 2.76. The molecule has 1 atom stereocenters. The third-order valence-electron chi connectivity index (χ3n) is 2.75. The summed E-state index contributed by atoms with van der Waals surface area (Å²) in [5.41, 5.74) is 0. The second-order valence-corrected chi connectivity index (χ2v) is 5.09. The first-order valence-electron chi connectivity index (χ1n) is 5.65. The van der Waals surface area contributed by atoms with Crippen LogP contribution in [0, 0.1) is 0 Å². The molecule has 0 aliphatic heterocycles. The van der Waals surface area contributed by atoms with Crippen molar-refractivity contribution in [3.63, 3.8) is 0 Å². The van der Waals surface area contributed by atoms with Gasteiger partial charge in [-0.05, 0) is 23.9 Å². The van der Waals surface area contributed by atoms with Crippen LogP contribution in [0.25, 0.3) is 10.1 Å². The molecule has 2 rings (SSSR count). The van der Waals surface area contributed by atoms with Gasteiger partial charge >= 0.3 is 0 Å². The molecule has 0 spiro atoms. The summed E-state index contributed by atoms with van der Waals surface area (Å²) in [4.78, 5) is 1.33. The molecule has 0 saturated heterocycles. The second-order valence-electron chi connectivity index (χ2n) is 3.92. The lowest BCUT2D eigenvalue weighted by Gasteiger charge is -2.12. The Morgan fingerprint density at radius 3 is 2.88 bits per heavy atom. The molecule has 0 aliphatic carbocycles. The third kappa shape index (κ3) is 2.61. The van der Waals surface area contributed by atoms with Crippen LogP contribution < -0.4 is 5.32 Å². The molecule has 1 aromatic heterocycles. The Balaban J connectivity index is 2.04. The van der Waals surface area contributed by atoms with Crippen molar-refractivity contribution in [2.45, 2.75) is 25.9 Å². The Morgan fingerprint density at radius 2 is 2.19 bits per heavy atom. The number of thiophene rings is 1. The zero-order valence-corrected chi connectivity index (χ0v) is 10.3. The van der Waals surface area contributed by atoms with Crippen molar-refractivity contribution in [1.29, 1.82) is 0 Å². The lowest BCUT2D eigenvalue weighted by Crippen LogP contribution is -2.30. The zero-order valence-electron chi connectivity index (χ0n) is 9.44. The number of nitrogens with one attached hydrogen (secondary N) is 1. The van der Waals surface area contributed by atoms with Crippen LogP contribution in [-0.2, 0) is 6.54 Å². The quantitative estimate of drug-likeness (QED) is 0.835. The molecule has 1 aromatic carbocycles. The van der Waals surface area contributed by atoms with Crippen molar-refractivity contribution in [1.82, 2.24) is 5.32 Å². The van der Waals surface area contributed by atoms with Gasteiger partial charge in [0, 0.05) is 22.2 Å². The maximum Gasteiger partial charge on any atom is 0.0584 e. The first-order chi connectivity index (χ1) is 7.83. The second kappa shape index (κ2) is 5.43. The van der Waals surface area contributed by atoms with Crippen LogP contribution in [-0.4, -0.2) is 17.8 Å². The fraction of sp³-hybridized carbons (Fsp3) is 0.385. The summed E-state index contributed by atoms with van der Waals surface area (Å²) in [5.74, 6) is 0. The summed E-state index contributed by atoms with van der Waals surface area (Å²) in [7, 11) is 0. The summed E-state index contributed by atoms with van der Waals surface area (Å²) in [6.07, 6.45) is 0.960. The molecule has 16 heavy (non-hydrogen) atoms. The Kier molecular flexibility index (Phi) is 3.93. The highest BCUT2D eigenvalue weighted by Gasteiger charge is 2.05. The highest BCUT2D eigenvalue weighted by molar-refractivity contribution is 7.19. The monoisotopic (exact) mass is 235 g/mol. The van der Waals surface area contributed by atoms with E-state index in [9.17, 15) is 0 Å². The van der Waals surface area contributed by atoms with E-state index in [1.165, 1.54) is 15.0 Å². The first-order valence-corrected chi connectivity index (χ1v) is 6.47. The molecule has 0 bridgehead atoms. The van der Waals surface area contributed by atoms with E-state index in [2.05, 4.69) is 42.6 Å². The van der Waals surface area contributed by atoms with Crippen LogP contribution in [0.5, 0.6) is 0 Å². The van der Waals surface area contributed by atoms with Crippen molar-refractivity contribution in [3.8, 4) is 0 Å². The van der Waals surface area contributed by atoms with Crippen LogP contribution in [0.4, 0.5) is 0 Å². The summed E-state index contributed by atoms with van der Waals surface area (Å²) < 4.78 is 1.33. The van der Waals surface area contributed by atoms with E-state index in [1.54, 1.807) is 0 Å². The van der Waals surface area contributed by atoms with Crippen LogP contribution in [0.15, 0.2) is 30.3 Å². The van der Waals surface area contributed by atoms with Gasteiger partial charge < -0.3 is 10.4 Å². The molecule has 0 aliphatic rings. The minimum atomic E-state index is 0.210. The number of rotatable bonds is 5. The van der Waals surface area contributed by atoms with E-state index < -0.39 is 0 Å². The number of hydrogen-bond acceptors (Lipinski definition) is 3. The van der Waals surface area contributed by atoms with Gasteiger partial charge in [-0.3, -0.25) is 0 Å². The SMILES string of the molecule is CCC(CO)NCc1cc2ccccc2s1. The Bertz CT molecular complexity index is 415. The highest BCUT2D eigenvalue weighted by atomic mass is 32.1. The summed E-state index contributed by atoms with van der Waals surface area (Å²) in [6, 6.07) is 10.8. The minimum Gasteiger partial charge on any atom is -0.395 e. The fourth-order valence-electron chi connectivity index (χ4n) is 1.71. The standard InChI is InChI=1S/C13H17NOS/c1-2-11(9-15)14-8-12-7-10-5-3-4-6-13(10)16-12/h3-7,11,14-15H,2,8-9H2,1H3. The van der Waals surface area contributed by atoms with Gasteiger partial charge in [-0.1, -0.05) is 25.1 Å². The molecule has 2 N–H and O–H groups in total. The Hall–Kier alpha value is -0.900. The van der Waals surface area contributed by atoms with Gasteiger partial charge in [0.1, 0.15) is 0 Å². The molecule has 0 amide bonds. The number of fused-ring (bicyclic) bond motifs is 1. The predicted molar refractivity (Wildman–Crippen MR) is 69.8 cm³/mol. The van der Waals surface area contributed by atoms with Gasteiger partial charge in [-0.25, -0.2) is 0 Å². The van der Waals surface area contributed by atoms with E-state index in [1.807, 2.05) is 11.3 Å². The third-order valence-corrected chi connectivity index (χ3v) is 3.87. The van der Waals surface area contributed by atoms with E-state index >= 15 is 0 Å². The van der Waals surface area contributed by atoms with Crippen molar-refractivity contribution < 1.29 is 5.11 Å². The lowest BCUT2D eigenvalue weighted by molar-refractivity contribution is 0.238. The number of benzene rings is 1. The van der Waals surface area contributed by atoms with Crippen LogP contribution >= 0.6 is 11.3 Å². The molecule has 0 saturated carbocycles. The average Bonchev–Trinajstić information content (AvgIpc) is 2.73. The fourth-order valence-corrected chi connectivity index (χ4v) is 2.72. The maximum absolute atomic E-state index is 9.08. The molecule has 86 valence electrons. The lowest BCUT2D eigenvalue weighted by atomic mass is 10.2. The van der Waals surface area contributed by atoms with Crippen molar-refractivity contribution in [2.24, 2.45) is 0 Å². The highest BCUT2D eigenvalue weighted by Crippen LogP contribution is 2.25. The van der Waals surface area contributed by atoms with Crippen LogP contribution in [0.3, 0.4) is 0 Å². The topological polar surface area (TPSA) is 32.3 Å². The molecular formula is C13H17NOS. The van der Waals surface area contributed by atoms with Crippen molar-refractivity contribution in [2.75, 3.05) is 6.61 Å². The molecule has 1 heterocycles. The largest absolute Gasteiger partial charge is 0.395 e. The van der Waals surface area contributed by atoms with Crippen LogP contribution in [0.2, 0.25) is 0 Å². The van der Waals surface area contributed by atoms with E-state index in [0.29, 0.717) is 0 Å². The van der Waals surface area contributed by atoms with E-state index in [-0.39, 0.29) is 12.6 Å². The molecule has 0 radical (unpaired) electrons. The molecule has 0 fully saturated rings. The van der Waals surface area contributed by atoms with Gasteiger partial charge in [-0.15, -0.1) is 11.3 Å². The maximum atomic E-state index is 9.08. The Labute approximate surface area is 99.9 Å². The summed E-state index contributed by atoms with van der Waals surface area (Å²) in [5, 5.41) is 13.7. The summed E-state index contributed by atoms with van der Waals surface area (Å²) in [6.45, 7) is 3.14. The van der Waals surface area contributed by atoms with Gasteiger partial charge in [-0.2, -0.15) is 0 Å². The van der Waals surface area contributed by atoms with Gasteiger partial charge in [0.2, 0.25) is 0 Å². The molecule has 2 nitrogen and oxygen atoms in total. The number of aliphatic hydroxyl groups is 1. The number of aliphatic hydroxyl groups excluding tert-OH is 1. The van der Waals surface area contributed by atoms with Crippen molar-refractivity contribution >= 4 is 21.4 Å². The van der Waals surface area contributed by atoms with E-state index in [0.717, 1.165) is 13.0 Å². The van der Waals surface area contributed by atoms with Gasteiger partial charge in [0.15, 0.2) is 0 Å². The van der Waals surface area contributed by atoms with Gasteiger partial charge in [0.25, 0.3) is 0 Å². The molecule has 2 aromatic rings. The van der Waals surface area contributed by atoms with Gasteiger partial charge in [0.05, 0.1) is 6.61 Å². The summed E-state index contributed by atoms with van der Waals surface area (Å²) >= 11 is 1.82. The normalized spacial score (nSPS) is 13.1. The number of hydrogen-bond donors (Lipinski definition) is 2. The zero-order chi connectivity index (χ0) is 11.4. The molecular weight excluding hydrogens is 218 g/mol. The molecule has 3 heteroatoms. The minimum absolute atomic E-state index is 0.210. The average molecular weight is 235 g/mol. The Morgan fingerprint density at radius 1 is 1.38 bits per heavy atom. The smallest absolute Gasteiger partial charge is 0.0584 e.